The van der Waals surface area contributed by atoms with Crippen LogP contribution in [0.2, 0.25) is 0 Å². The maximum atomic E-state index is 12.1. The van der Waals surface area contributed by atoms with Crippen LogP contribution in [0.4, 0.5) is 5.82 Å². The molecule has 1 heterocycles. The van der Waals surface area contributed by atoms with Crippen molar-refractivity contribution in [2.24, 2.45) is 0 Å². The van der Waals surface area contributed by atoms with Crippen LogP contribution in [0.5, 0.6) is 5.75 Å². The van der Waals surface area contributed by atoms with Crippen LogP contribution in [-0.4, -0.2) is 23.1 Å². The highest BCUT2D eigenvalue weighted by molar-refractivity contribution is 14.1. The molecule has 0 aliphatic rings. The van der Waals surface area contributed by atoms with Crippen LogP contribution in [0.25, 0.3) is 0 Å². The fraction of sp³-hybridized carbons (Fsp3) is 0.133. The van der Waals surface area contributed by atoms with Gasteiger partial charge in [-0.2, -0.15) is 0 Å². The second-order valence-corrected chi connectivity index (χ2v) is 5.97. The molecule has 2 N–H and O–H groups in total. The van der Waals surface area contributed by atoms with E-state index in [0.29, 0.717) is 17.1 Å². The molecule has 5 nitrogen and oxygen atoms in total. The molecule has 114 valence electrons. The summed E-state index contributed by atoms with van der Waals surface area (Å²) in [6.07, 6.45) is 0. The van der Waals surface area contributed by atoms with E-state index in [4.69, 9.17) is 17.0 Å². The van der Waals surface area contributed by atoms with Crippen molar-refractivity contribution in [3.8, 4) is 5.75 Å². The summed E-state index contributed by atoms with van der Waals surface area (Å²) >= 11 is 7.33. The highest BCUT2D eigenvalue weighted by Gasteiger charge is 2.09. The smallest absolute Gasteiger partial charge is 0.257 e. The lowest BCUT2D eigenvalue weighted by molar-refractivity contribution is 0.0977. The first-order valence-electron chi connectivity index (χ1n) is 6.39. The van der Waals surface area contributed by atoms with Crippen LogP contribution >= 0.6 is 34.8 Å². The topological polar surface area (TPSA) is 63.2 Å². The molecule has 0 atom stereocenters. The largest absolute Gasteiger partial charge is 0.497 e. The molecule has 1 aromatic heterocycles. The van der Waals surface area contributed by atoms with Gasteiger partial charge >= 0.3 is 0 Å². The van der Waals surface area contributed by atoms with Gasteiger partial charge in [0.1, 0.15) is 11.6 Å². The van der Waals surface area contributed by atoms with Crippen molar-refractivity contribution in [2.45, 2.75) is 6.92 Å². The van der Waals surface area contributed by atoms with E-state index in [0.717, 1.165) is 9.26 Å². The number of benzene rings is 1. The third kappa shape index (κ3) is 4.38. The average Bonchev–Trinajstić information content (AvgIpc) is 2.51. The highest BCUT2D eigenvalue weighted by atomic mass is 127. The molecule has 0 unspecified atom stereocenters. The first kappa shape index (κ1) is 16.6. The van der Waals surface area contributed by atoms with Crippen molar-refractivity contribution >= 4 is 51.6 Å². The summed E-state index contributed by atoms with van der Waals surface area (Å²) in [7, 11) is 1.57. The first-order valence-corrected chi connectivity index (χ1v) is 7.88. The molecule has 1 amide bonds. The van der Waals surface area contributed by atoms with Crippen molar-refractivity contribution in [1.82, 2.24) is 10.3 Å². The number of hydrogen-bond donors (Lipinski definition) is 2. The third-order valence-corrected chi connectivity index (χ3v) is 4.19. The van der Waals surface area contributed by atoms with Crippen molar-refractivity contribution in [2.75, 3.05) is 12.4 Å². The van der Waals surface area contributed by atoms with Crippen molar-refractivity contribution in [3.63, 3.8) is 0 Å². The number of ether oxygens (including phenoxy) is 1. The molecule has 2 aromatic rings. The predicted molar refractivity (Wildman–Crippen MR) is 98.4 cm³/mol. The van der Waals surface area contributed by atoms with E-state index in [2.05, 4.69) is 38.2 Å². The minimum atomic E-state index is -0.289. The van der Waals surface area contributed by atoms with Gasteiger partial charge < -0.3 is 10.1 Å². The van der Waals surface area contributed by atoms with Crippen LogP contribution in [0, 0.1) is 10.5 Å². The summed E-state index contributed by atoms with van der Waals surface area (Å²) < 4.78 is 6.12. The van der Waals surface area contributed by atoms with Crippen LogP contribution in [-0.2, 0) is 0 Å². The van der Waals surface area contributed by atoms with Crippen LogP contribution in [0.15, 0.2) is 36.4 Å². The Morgan fingerprint density at radius 3 is 2.50 bits per heavy atom. The first-order chi connectivity index (χ1) is 10.5. The number of methoxy groups -OCH3 is 1. The zero-order valence-electron chi connectivity index (χ0n) is 12.0. The Kier molecular flexibility index (Phi) is 5.67. The Balaban J connectivity index is 1.98. The maximum Gasteiger partial charge on any atom is 0.257 e. The van der Waals surface area contributed by atoms with E-state index in [1.54, 1.807) is 37.4 Å². The number of nitrogens with zero attached hydrogens (tertiary/aromatic N) is 1. The summed E-state index contributed by atoms with van der Waals surface area (Å²) in [5, 5.41) is 5.71. The molecule has 0 aliphatic carbocycles. The number of carbonyl (C=O) groups excluding carboxylic acids is 1. The number of hydrogen-bond acceptors (Lipinski definition) is 4. The molecule has 2 rings (SSSR count). The number of amides is 1. The third-order valence-electron chi connectivity index (χ3n) is 2.84. The Bertz CT molecular complexity index is 704. The van der Waals surface area contributed by atoms with Gasteiger partial charge in [0.25, 0.3) is 5.91 Å². The minimum absolute atomic E-state index is 0.203. The zero-order chi connectivity index (χ0) is 16.1. The van der Waals surface area contributed by atoms with Crippen molar-refractivity contribution in [1.29, 1.82) is 0 Å². The summed E-state index contributed by atoms with van der Waals surface area (Å²) in [6, 6.07) is 10.5. The summed E-state index contributed by atoms with van der Waals surface area (Å²) in [5.74, 6) is 0.996. The molecule has 1 aromatic carbocycles. The van der Waals surface area contributed by atoms with Crippen LogP contribution in [0.3, 0.4) is 0 Å². The predicted octanol–water partition coefficient (Wildman–Crippen LogP) is 3.13. The second-order valence-electron chi connectivity index (χ2n) is 4.40. The maximum absolute atomic E-state index is 12.1. The van der Waals surface area contributed by atoms with Gasteiger partial charge in [0, 0.05) is 9.13 Å². The Hall–Kier alpha value is -1.74. The van der Waals surface area contributed by atoms with Gasteiger partial charge in [-0.15, -0.1) is 0 Å². The monoisotopic (exact) mass is 427 g/mol. The molecule has 0 aliphatic heterocycles. The number of rotatable bonds is 3. The van der Waals surface area contributed by atoms with E-state index in [9.17, 15) is 4.79 Å². The fourth-order valence-electron chi connectivity index (χ4n) is 1.68. The lowest BCUT2D eigenvalue weighted by Crippen LogP contribution is -2.34. The lowest BCUT2D eigenvalue weighted by Gasteiger charge is -2.10. The molecule has 22 heavy (non-hydrogen) atoms. The molecule has 0 fully saturated rings. The Morgan fingerprint density at radius 1 is 1.23 bits per heavy atom. The van der Waals surface area contributed by atoms with Gasteiger partial charge in [-0.25, -0.2) is 4.98 Å². The van der Waals surface area contributed by atoms with Crippen molar-refractivity contribution < 1.29 is 9.53 Å². The number of nitrogens with one attached hydrogen (secondary N) is 2. The molecule has 0 bridgehead atoms. The van der Waals surface area contributed by atoms with E-state index in [1.807, 2.05) is 13.0 Å². The van der Waals surface area contributed by atoms with Gasteiger partial charge in [0.15, 0.2) is 5.11 Å². The molecule has 0 saturated heterocycles. The zero-order valence-corrected chi connectivity index (χ0v) is 15.0. The summed E-state index contributed by atoms with van der Waals surface area (Å²) in [6.45, 7) is 1.91. The molecular weight excluding hydrogens is 413 g/mol. The van der Waals surface area contributed by atoms with Crippen LogP contribution in [0.1, 0.15) is 16.1 Å². The molecule has 0 radical (unpaired) electrons. The van der Waals surface area contributed by atoms with Crippen molar-refractivity contribution in [3.05, 3.63) is 51.2 Å². The lowest BCUT2D eigenvalue weighted by atomic mass is 10.2. The minimum Gasteiger partial charge on any atom is -0.497 e. The van der Waals surface area contributed by atoms with E-state index in [1.165, 1.54) is 0 Å². The second kappa shape index (κ2) is 7.50. The summed E-state index contributed by atoms with van der Waals surface area (Å²) in [4.78, 5) is 16.4. The van der Waals surface area contributed by atoms with Gasteiger partial charge in [0.2, 0.25) is 0 Å². The number of pyridine rings is 1. The van der Waals surface area contributed by atoms with E-state index >= 15 is 0 Å². The normalized spacial score (nSPS) is 9.95. The number of halogens is 1. The van der Waals surface area contributed by atoms with E-state index < -0.39 is 0 Å². The molecule has 7 heteroatoms. The number of carbonyl (C=O) groups is 1. The number of aryl methyl sites for hydroxylation is 1. The van der Waals surface area contributed by atoms with Gasteiger partial charge in [-0.1, -0.05) is 0 Å². The Labute approximate surface area is 147 Å². The number of thiocarbonyl (C=S) groups is 1. The Morgan fingerprint density at radius 2 is 1.91 bits per heavy atom. The summed E-state index contributed by atoms with van der Waals surface area (Å²) in [5.41, 5.74) is 1.39. The standard InChI is InChI=1S/C15H14IN3O2S/c1-9-12(16)7-8-13(17-9)18-15(22)19-14(20)10-3-5-11(21-2)6-4-10/h3-8H,1-2H3,(H2,17,18,19,20,22). The van der Waals surface area contributed by atoms with Crippen LogP contribution < -0.4 is 15.4 Å². The van der Waals surface area contributed by atoms with Gasteiger partial charge in [-0.05, 0) is 78.1 Å². The SMILES string of the molecule is COc1ccc(C(=O)NC(=S)Nc2ccc(I)c(C)n2)cc1. The van der Waals surface area contributed by atoms with Gasteiger partial charge in [-0.3, -0.25) is 10.1 Å². The number of anilines is 1. The average molecular weight is 427 g/mol. The van der Waals surface area contributed by atoms with Gasteiger partial charge in [0.05, 0.1) is 12.8 Å². The molecule has 0 saturated carbocycles. The number of aromatic nitrogens is 1. The molecular formula is C15H14IN3O2S. The molecule has 0 spiro atoms. The van der Waals surface area contributed by atoms with E-state index in [-0.39, 0.29) is 11.0 Å². The quantitative estimate of drug-likeness (QED) is 0.582. The highest BCUT2D eigenvalue weighted by Crippen LogP contribution is 2.13. The fourth-order valence-corrected chi connectivity index (χ4v) is 2.18.